The smallest absolute Gasteiger partial charge is 0.246 e. The Kier molecular flexibility index (Phi) is 16.7. The highest BCUT2D eigenvalue weighted by molar-refractivity contribution is 8.76. The molecular weight excluding hydrogens is 384 g/mol. The van der Waals surface area contributed by atoms with Crippen LogP contribution < -0.4 is 10.6 Å². The average molecular weight is 419 g/mol. The maximum Gasteiger partial charge on any atom is 0.246 e. The molecule has 0 saturated heterocycles. The molecule has 2 atom stereocenters. The zero-order valence-electron chi connectivity index (χ0n) is 17.1. The summed E-state index contributed by atoms with van der Waals surface area (Å²) in [5.74, 6) is 7.10. The molecule has 0 rings (SSSR count). The lowest BCUT2D eigenvalue weighted by Gasteiger charge is -2.12. The van der Waals surface area contributed by atoms with Gasteiger partial charge in [-0.15, -0.1) is 0 Å². The van der Waals surface area contributed by atoms with Gasteiger partial charge >= 0.3 is 0 Å². The van der Waals surface area contributed by atoms with Gasteiger partial charge in [0.05, 0.1) is 19.8 Å². The van der Waals surface area contributed by atoms with Crippen molar-refractivity contribution < 1.29 is 19.1 Å². The number of hydrogen-bond acceptors (Lipinski definition) is 6. The topological polar surface area (TPSA) is 76.7 Å². The maximum absolute atomic E-state index is 11.6. The zero-order chi connectivity index (χ0) is 20.5. The van der Waals surface area contributed by atoms with E-state index in [0.717, 1.165) is 12.2 Å². The Labute approximate surface area is 172 Å². The number of amides is 2. The molecule has 0 aliphatic heterocycles. The Morgan fingerprint density at radius 3 is 2.52 bits per heavy atom. The summed E-state index contributed by atoms with van der Waals surface area (Å²) >= 11 is 0. The predicted molar refractivity (Wildman–Crippen MR) is 114 cm³/mol. The first-order chi connectivity index (χ1) is 12.9. The predicted octanol–water partition coefficient (Wildman–Crippen LogP) is 2.68. The van der Waals surface area contributed by atoms with Crippen LogP contribution in [0.2, 0.25) is 0 Å². The molecule has 0 aliphatic carbocycles. The summed E-state index contributed by atoms with van der Waals surface area (Å²) in [5, 5.41) is 5.57. The Morgan fingerprint density at radius 1 is 1.11 bits per heavy atom. The molecule has 8 heteroatoms. The van der Waals surface area contributed by atoms with Crippen molar-refractivity contribution in [1.29, 1.82) is 0 Å². The van der Waals surface area contributed by atoms with E-state index in [2.05, 4.69) is 36.3 Å². The minimum Gasteiger partial charge on any atom is -0.369 e. The largest absolute Gasteiger partial charge is 0.369 e. The Morgan fingerprint density at radius 2 is 1.85 bits per heavy atom. The molecule has 156 valence electrons. The van der Waals surface area contributed by atoms with Crippen molar-refractivity contribution in [2.24, 2.45) is 11.8 Å². The Balaban J connectivity index is 3.51. The van der Waals surface area contributed by atoms with Crippen LogP contribution in [0.3, 0.4) is 0 Å². The number of nitrogens with one attached hydrogen (secondary N) is 2. The highest BCUT2D eigenvalue weighted by Gasteiger charge is 2.07. The van der Waals surface area contributed by atoms with Crippen LogP contribution in [0.4, 0.5) is 0 Å². The van der Waals surface area contributed by atoms with E-state index in [1.807, 2.05) is 20.8 Å². The lowest BCUT2D eigenvalue weighted by Crippen LogP contribution is -2.29. The molecular formula is C19H34N2O4S2. The third-order valence-electron chi connectivity index (χ3n) is 3.36. The van der Waals surface area contributed by atoms with E-state index in [0.29, 0.717) is 32.2 Å². The van der Waals surface area contributed by atoms with Crippen molar-refractivity contribution in [3.8, 4) is 11.8 Å². The summed E-state index contributed by atoms with van der Waals surface area (Å²) in [4.78, 5) is 23.0. The van der Waals surface area contributed by atoms with Crippen LogP contribution in [0.15, 0.2) is 0 Å². The molecule has 0 aromatic heterocycles. The molecule has 2 N–H and O–H groups in total. The second kappa shape index (κ2) is 17.2. The van der Waals surface area contributed by atoms with Crippen molar-refractivity contribution >= 4 is 33.4 Å². The van der Waals surface area contributed by atoms with Crippen LogP contribution in [-0.4, -0.2) is 55.9 Å². The lowest BCUT2D eigenvalue weighted by atomic mass is 10.1. The third kappa shape index (κ3) is 17.0. The molecule has 0 spiro atoms. The fraction of sp³-hybridized carbons (Fsp3) is 0.789. The van der Waals surface area contributed by atoms with Crippen molar-refractivity contribution in [2.75, 3.05) is 38.7 Å². The van der Waals surface area contributed by atoms with Gasteiger partial charge in [-0.25, -0.2) is 0 Å². The van der Waals surface area contributed by atoms with Gasteiger partial charge in [-0.3, -0.25) is 9.59 Å². The SMILES string of the molecule is CCC(C)C#CCNC(=O)COCCOC(C)SSCCNC(=O)C(C)C. The molecule has 0 aliphatic rings. The molecule has 0 fully saturated rings. The second-order valence-electron chi connectivity index (χ2n) is 6.26. The first-order valence-electron chi connectivity index (χ1n) is 9.37. The van der Waals surface area contributed by atoms with Gasteiger partial charge in [-0.2, -0.15) is 0 Å². The Hall–Kier alpha value is -0.880. The minimum atomic E-state index is -0.171. The summed E-state index contributed by atoms with van der Waals surface area (Å²) in [6.07, 6.45) is 1.01. The van der Waals surface area contributed by atoms with Gasteiger partial charge in [0.1, 0.15) is 12.0 Å². The summed E-state index contributed by atoms with van der Waals surface area (Å²) in [6.45, 7) is 11.7. The lowest BCUT2D eigenvalue weighted by molar-refractivity contribution is -0.126. The van der Waals surface area contributed by atoms with Gasteiger partial charge in [0, 0.05) is 24.1 Å². The number of carbonyl (C=O) groups excluding carboxylic acids is 2. The number of carbonyl (C=O) groups is 2. The first kappa shape index (κ1) is 26.1. The quantitative estimate of drug-likeness (QED) is 0.195. The molecule has 2 unspecified atom stereocenters. The van der Waals surface area contributed by atoms with E-state index in [9.17, 15) is 9.59 Å². The van der Waals surface area contributed by atoms with Gasteiger partial charge in [-0.05, 0) is 13.3 Å². The van der Waals surface area contributed by atoms with Gasteiger partial charge < -0.3 is 20.1 Å². The normalized spacial score (nSPS) is 12.8. The highest BCUT2D eigenvalue weighted by atomic mass is 33.1. The average Bonchev–Trinajstić information content (AvgIpc) is 2.64. The van der Waals surface area contributed by atoms with Crippen molar-refractivity contribution in [3.63, 3.8) is 0 Å². The molecule has 0 radical (unpaired) electrons. The molecule has 0 aromatic carbocycles. The number of ether oxygens (including phenoxy) is 2. The number of hydrogen-bond donors (Lipinski definition) is 2. The zero-order valence-corrected chi connectivity index (χ0v) is 18.8. The molecule has 27 heavy (non-hydrogen) atoms. The first-order valence-corrected chi connectivity index (χ1v) is 11.7. The van der Waals surface area contributed by atoms with Crippen LogP contribution in [0.5, 0.6) is 0 Å². The highest BCUT2D eigenvalue weighted by Crippen LogP contribution is 2.26. The van der Waals surface area contributed by atoms with E-state index < -0.39 is 0 Å². The third-order valence-corrected chi connectivity index (χ3v) is 6.00. The molecule has 0 heterocycles. The number of rotatable bonds is 14. The van der Waals surface area contributed by atoms with Crippen molar-refractivity contribution in [3.05, 3.63) is 0 Å². The summed E-state index contributed by atoms with van der Waals surface area (Å²) in [5.41, 5.74) is 0.0176. The van der Waals surface area contributed by atoms with Crippen LogP contribution in [0.25, 0.3) is 0 Å². The van der Waals surface area contributed by atoms with Crippen LogP contribution in [0.1, 0.15) is 41.0 Å². The summed E-state index contributed by atoms with van der Waals surface area (Å²) < 4.78 is 10.9. The van der Waals surface area contributed by atoms with Crippen LogP contribution >= 0.6 is 21.6 Å². The molecule has 0 saturated carbocycles. The fourth-order valence-corrected chi connectivity index (χ4v) is 3.46. The fourth-order valence-electron chi connectivity index (χ4n) is 1.55. The second-order valence-corrected chi connectivity index (χ2v) is 9.05. The minimum absolute atomic E-state index is 0.0141. The summed E-state index contributed by atoms with van der Waals surface area (Å²) in [6, 6.07) is 0. The van der Waals surface area contributed by atoms with E-state index in [1.54, 1.807) is 21.6 Å². The molecule has 6 nitrogen and oxygen atoms in total. The van der Waals surface area contributed by atoms with E-state index in [-0.39, 0.29) is 29.8 Å². The monoisotopic (exact) mass is 418 g/mol. The maximum atomic E-state index is 11.6. The van der Waals surface area contributed by atoms with E-state index >= 15 is 0 Å². The van der Waals surface area contributed by atoms with Gasteiger partial charge in [0.2, 0.25) is 11.8 Å². The molecule has 2 amide bonds. The van der Waals surface area contributed by atoms with Crippen molar-refractivity contribution in [1.82, 2.24) is 10.6 Å². The van der Waals surface area contributed by atoms with E-state index in [1.165, 1.54) is 0 Å². The summed E-state index contributed by atoms with van der Waals surface area (Å²) in [7, 11) is 3.27. The van der Waals surface area contributed by atoms with Crippen LogP contribution in [0, 0.1) is 23.7 Å². The van der Waals surface area contributed by atoms with Gasteiger partial charge in [0.25, 0.3) is 0 Å². The molecule has 0 bridgehead atoms. The van der Waals surface area contributed by atoms with Gasteiger partial charge in [-0.1, -0.05) is 61.1 Å². The van der Waals surface area contributed by atoms with Gasteiger partial charge in [0.15, 0.2) is 0 Å². The Bertz CT molecular complexity index is 478. The standard InChI is InChI=1S/C19H34N2O4S2/c1-6-16(4)8-7-9-20-18(22)14-24-11-12-25-17(5)27-26-13-10-21-19(23)15(2)3/h15-17H,6,9-14H2,1-5H3,(H,20,22)(H,21,23). The molecule has 0 aromatic rings. The van der Waals surface area contributed by atoms with Crippen LogP contribution in [-0.2, 0) is 19.1 Å². The van der Waals surface area contributed by atoms with E-state index in [4.69, 9.17) is 9.47 Å². The van der Waals surface area contributed by atoms with Crippen molar-refractivity contribution in [2.45, 2.75) is 46.5 Å².